The molecule has 0 radical (unpaired) electrons. The predicted octanol–water partition coefficient (Wildman–Crippen LogP) is 3.33. The number of carboxylic acids is 1. The highest BCUT2D eigenvalue weighted by atomic mass is 35.5. The summed E-state index contributed by atoms with van der Waals surface area (Å²) in [5, 5.41) is 9.97. The number of carbonyl (C=O) groups excluding carboxylic acids is 1. The van der Waals surface area contributed by atoms with E-state index in [0.717, 1.165) is 12.8 Å². The van der Waals surface area contributed by atoms with Gasteiger partial charge in [0.05, 0.1) is 11.6 Å². The molecule has 1 fully saturated rings. The summed E-state index contributed by atoms with van der Waals surface area (Å²) in [7, 11) is 0. The Morgan fingerprint density at radius 1 is 1.42 bits per heavy atom. The Morgan fingerprint density at radius 2 is 2.12 bits per heavy atom. The van der Waals surface area contributed by atoms with E-state index < -0.39 is 12.0 Å². The van der Waals surface area contributed by atoms with Gasteiger partial charge in [0, 0.05) is 6.08 Å². The molecule has 1 aliphatic heterocycles. The maximum Gasteiger partial charge on any atom is 0.326 e. The first kappa shape index (κ1) is 16.8. The molecular formula is C18H20ClNO4. The van der Waals surface area contributed by atoms with Gasteiger partial charge in [-0.25, -0.2) is 4.79 Å². The average Bonchev–Trinajstić information content (AvgIpc) is 2.85. The fourth-order valence-corrected chi connectivity index (χ4v) is 3.62. The lowest BCUT2D eigenvalue weighted by Crippen LogP contribution is -2.45. The summed E-state index contributed by atoms with van der Waals surface area (Å²) in [6.45, 7) is 2.31. The molecule has 1 atom stereocenters. The predicted molar refractivity (Wildman–Crippen MR) is 89.8 cm³/mol. The maximum absolute atomic E-state index is 12.2. The lowest BCUT2D eigenvalue weighted by atomic mass is 9.73. The lowest BCUT2D eigenvalue weighted by Gasteiger charge is -2.36. The average molecular weight is 350 g/mol. The third-order valence-electron chi connectivity index (χ3n) is 4.66. The van der Waals surface area contributed by atoms with Crippen LogP contribution in [0.1, 0.15) is 26.2 Å². The molecule has 0 aromatic heterocycles. The molecule has 1 aromatic rings. The van der Waals surface area contributed by atoms with Crippen molar-refractivity contribution in [1.29, 1.82) is 0 Å². The molecule has 1 unspecified atom stereocenters. The van der Waals surface area contributed by atoms with Crippen LogP contribution in [0.2, 0.25) is 5.02 Å². The smallest absolute Gasteiger partial charge is 0.326 e. The number of carbonyl (C=O) groups is 2. The Bertz CT molecular complexity index is 681. The molecule has 1 amide bonds. The van der Waals surface area contributed by atoms with E-state index in [2.05, 4.69) is 6.92 Å². The van der Waals surface area contributed by atoms with Crippen molar-refractivity contribution in [3.63, 3.8) is 0 Å². The van der Waals surface area contributed by atoms with Crippen molar-refractivity contribution in [2.75, 3.05) is 6.54 Å². The van der Waals surface area contributed by atoms with Crippen molar-refractivity contribution in [1.82, 2.24) is 4.90 Å². The van der Waals surface area contributed by atoms with E-state index in [9.17, 15) is 14.7 Å². The summed E-state index contributed by atoms with van der Waals surface area (Å²) in [5.41, 5.74) is 0. The highest BCUT2D eigenvalue weighted by molar-refractivity contribution is 6.32. The quantitative estimate of drug-likeness (QED) is 0.855. The van der Waals surface area contributed by atoms with Gasteiger partial charge in [0.25, 0.3) is 5.91 Å². The van der Waals surface area contributed by atoms with Crippen molar-refractivity contribution in [3.05, 3.63) is 41.1 Å². The Hall–Kier alpha value is -2.01. The second-order valence-electron chi connectivity index (χ2n) is 6.64. The third-order valence-corrected chi connectivity index (χ3v) is 4.97. The van der Waals surface area contributed by atoms with Gasteiger partial charge in [-0.2, -0.15) is 0 Å². The monoisotopic (exact) mass is 349 g/mol. The Morgan fingerprint density at radius 3 is 2.75 bits per heavy atom. The Kier molecular flexibility index (Phi) is 4.81. The summed E-state index contributed by atoms with van der Waals surface area (Å²) >= 11 is 6.05. The number of aliphatic carboxylic acids is 1. The molecule has 6 heteroatoms. The summed E-state index contributed by atoms with van der Waals surface area (Å²) in [4.78, 5) is 25.2. The number of hydrogen-bond acceptors (Lipinski definition) is 3. The van der Waals surface area contributed by atoms with Crippen LogP contribution in [-0.2, 0) is 9.59 Å². The molecule has 24 heavy (non-hydrogen) atoms. The van der Waals surface area contributed by atoms with Crippen molar-refractivity contribution in [2.24, 2.45) is 11.8 Å². The zero-order valence-corrected chi connectivity index (χ0v) is 14.2. The van der Waals surface area contributed by atoms with Crippen LogP contribution in [0.4, 0.5) is 0 Å². The van der Waals surface area contributed by atoms with Gasteiger partial charge in [-0.15, -0.1) is 0 Å². The molecule has 2 aliphatic rings. The van der Waals surface area contributed by atoms with Gasteiger partial charge < -0.3 is 14.7 Å². The number of halogens is 1. The first-order chi connectivity index (χ1) is 11.4. The standard InChI is InChI=1S/C18H20ClNO4/c1-11-6-12(7-11)8-15(18(22)23)20-10-13(9-17(20)21)24-16-5-3-2-4-14(16)19/h2-5,9,11-12,15H,6-8,10H2,1H3,(H,22,23). The van der Waals surface area contributed by atoms with Crippen LogP contribution in [0.15, 0.2) is 36.1 Å². The molecule has 1 saturated carbocycles. The summed E-state index contributed by atoms with van der Waals surface area (Å²) in [5.74, 6) is 0.617. The molecule has 0 bridgehead atoms. The van der Waals surface area contributed by atoms with Crippen LogP contribution in [0, 0.1) is 11.8 Å². The molecular weight excluding hydrogens is 330 g/mol. The zero-order valence-electron chi connectivity index (χ0n) is 13.4. The fourth-order valence-electron chi connectivity index (χ4n) is 3.44. The number of benzene rings is 1. The van der Waals surface area contributed by atoms with Crippen molar-refractivity contribution < 1.29 is 19.4 Å². The second kappa shape index (κ2) is 6.85. The normalized spacial score (nSPS) is 24.3. The SMILES string of the molecule is CC1CC(CC(C(=O)O)N2CC(Oc3ccccc3Cl)=CC2=O)C1. The number of para-hydroxylation sites is 1. The number of nitrogens with zero attached hydrogens (tertiary/aromatic N) is 1. The summed E-state index contributed by atoms with van der Waals surface area (Å²) in [6, 6.07) is 6.17. The summed E-state index contributed by atoms with van der Waals surface area (Å²) < 4.78 is 5.67. The van der Waals surface area contributed by atoms with Gasteiger partial charge >= 0.3 is 5.97 Å². The number of amides is 1. The van der Waals surface area contributed by atoms with Gasteiger partial charge in [0.15, 0.2) is 0 Å². The van der Waals surface area contributed by atoms with E-state index in [1.54, 1.807) is 24.3 Å². The topological polar surface area (TPSA) is 66.8 Å². The first-order valence-corrected chi connectivity index (χ1v) is 8.48. The first-order valence-electron chi connectivity index (χ1n) is 8.10. The molecule has 1 aliphatic carbocycles. The fraction of sp³-hybridized carbons (Fsp3) is 0.444. The van der Waals surface area contributed by atoms with Gasteiger partial charge in [-0.05, 0) is 43.2 Å². The highest BCUT2D eigenvalue weighted by Gasteiger charge is 2.38. The molecule has 0 saturated heterocycles. The van der Waals surface area contributed by atoms with Crippen molar-refractivity contribution in [3.8, 4) is 5.75 Å². The number of rotatable bonds is 6. The Labute approximate surface area is 145 Å². The number of hydrogen-bond donors (Lipinski definition) is 1. The van der Waals surface area contributed by atoms with Crippen LogP contribution in [-0.4, -0.2) is 34.5 Å². The van der Waals surface area contributed by atoms with Gasteiger partial charge in [0.2, 0.25) is 0 Å². The third kappa shape index (κ3) is 3.56. The summed E-state index contributed by atoms with van der Waals surface area (Å²) in [6.07, 6.45) is 3.91. The van der Waals surface area contributed by atoms with E-state index in [4.69, 9.17) is 16.3 Å². The van der Waals surface area contributed by atoms with Crippen LogP contribution in [0.5, 0.6) is 5.75 Å². The van der Waals surface area contributed by atoms with Gasteiger partial charge in [0.1, 0.15) is 17.6 Å². The molecule has 3 rings (SSSR count). The van der Waals surface area contributed by atoms with Crippen LogP contribution < -0.4 is 4.74 Å². The van der Waals surface area contributed by atoms with Gasteiger partial charge in [-0.1, -0.05) is 30.7 Å². The van der Waals surface area contributed by atoms with Crippen molar-refractivity contribution in [2.45, 2.75) is 32.2 Å². The minimum Gasteiger partial charge on any atom is -0.480 e. The van der Waals surface area contributed by atoms with E-state index in [0.29, 0.717) is 34.8 Å². The lowest BCUT2D eigenvalue weighted by molar-refractivity contribution is -0.148. The van der Waals surface area contributed by atoms with Crippen LogP contribution >= 0.6 is 11.6 Å². The molecule has 128 valence electrons. The number of ether oxygens (including phenoxy) is 1. The van der Waals surface area contributed by atoms with Crippen LogP contribution in [0.3, 0.4) is 0 Å². The molecule has 1 N–H and O–H groups in total. The second-order valence-corrected chi connectivity index (χ2v) is 7.05. The van der Waals surface area contributed by atoms with E-state index in [1.165, 1.54) is 11.0 Å². The number of carboxylic acid groups (broad SMARTS) is 1. The zero-order chi connectivity index (χ0) is 17.3. The van der Waals surface area contributed by atoms with Crippen LogP contribution in [0.25, 0.3) is 0 Å². The highest BCUT2D eigenvalue weighted by Crippen LogP contribution is 2.37. The largest absolute Gasteiger partial charge is 0.480 e. The van der Waals surface area contributed by atoms with Gasteiger partial charge in [-0.3, -0.25) is 4.79 Å². The molecule has 5 nitrogen and oxygen atoms in total. The molecule has 1 heterocycles. The molecule has 1 aromatic carbocycles. The minimum absolute atomic E-state index is 0.156. The molecule has 0 spiro atoms. The van der Waals surface area contributed by atoms with E-state index in [-0.39, 0.29) is 12.5 Å². The maximum atomic E-state index is 12.2. The van der Waals surface area contributed by atoms with E-state index >= 15 is 0 Å². The van der Waals surface area contributed by atoms with E-state index in [1.807, 2.05) is 0 Å². The Balaban J connectivity index is 1.66. The van der Waals surface area contributed by atoms with Crippen molar-refractivity contribution >= 4 is 23.5 Å². The minimum atomic E-state index is -0.963.